The maximum absolute atomic E-state index is 11.6. The van der Waals surface area contributed by atoms with Crippen LogP contribution in [0.15, 0.2) is 24.3 Å². The van der Waals surface area contributed by atoms with E-state index in [1.807, 2.05) is 0 Å². The minimum absolute atomic E-state index is 0.222. The summed E-state index contributed by atoms with van der Waals surface area (Å²) in [6.07, 6.45) is 5.40. The van der Waals surface area contributed by atoms with Crippen molar-refractivity contribution in [1.82, 2.24) is 0 Å². The normalized spacial score (nSPS) is 10.1. The minimum Gasteiger partial charge on any atom is -0.497 e. The van der Waals surface area contributed by atoms with Gasteiger partial charge in [-0.25, -0.2) is 14.5 Å². The Morgan fingerprint density at radius 2 is 1.58 bits per heavy atom. The SMILES string of the molecule is CCCCCCCCOC(=O)OOOC(=O)c1ccc(OC)cc1. The Bertz CT molecular complexity index is 484. The highest BCUT2D eigenvalue weighted by Gasteiger charge is 2.12. The zero-order valence-corrected chi connectivity index (χ0v) is 14.1. The van der Waals surface area contributed by atoms with E-state index in [4.69, 9.17) is 9.47 Å². The summed E-state index contributed by atoms with van der Waals surface area (Å²) in [5.41, 5.74) is 0.222. The Morgan fingerprint density at radius 3 is 2.25 bits per heavy atom. The number of unbranched alkanes of at least 4 members (excludes halogenated alkanes) is 5. The third-order valence-electron chi connectivity index (χ3n) is 3.26. The van der Waals surface area contributed by atoms with Crippen LogP contribution in [0, 0.1) is 0 Å². The Balaban J connectivity index is 2.08. The van der Waals surface area contributed by atoms with Gasteiger partial charge >= 0.3 is 12.1 Å². The molecule has 0 N–H and O–H groups in total. The fourth-order valence-corrected chi connectivity index (χ4v) is 1.91. The minimum atomic E-state index is -1.05. The Hall–Kier alpha value is -2.28. The molecule has 0 saturated heterocycles. The quantitative estimate of drug-likeness (QED) is 0.258. The smallest absolute Gasteiger partial charge is 0.497 e. The summed E-state index contributed by atoms with van der Waals surface area (Å²) in [5.74, 6) is -0.205. The Morgan fingerprint density at radius 1 is 0.917 bits per heavy atom. The van der Waals surface area contributed by atoms with E-state index in [0.717, 1.165) is 19.3 Å². The van der Waals surface area contributed by atoms with Crippen molar-refractivity contribution < 1.29 is 33.9 Å². The Labute approximate surface area is 141 Å². The van der Waals surface area contributed by atoms with Crippen LogP contribution in [-0.2, 0) is 19.6 Å². The number of carbonyl (C=O) groups excluding carboxylic acids is 2. The van der Waals surface area contributed by atoms with Crippen LogP contribution in [-0.4, -0.2) is 25.8 Å². The van der Waals surface area contributed by atoms with Crippen LogP contribution in [0.4, 0.5) is 4.79 Å². The van der Waals surface area contributed by atoms with Crippen molar-refractivity contribution in [3.63, 3.8) is 0 Å². The summed E-state index contributed by atoms with van der Waals surface area (Å²) >= 11 is 0. The van der Waals surface area contributed by atoms with Crippen molar-refractivity contribution in [2.45, 2.75) is 45.4 Å². The van der Waals surface area contributed by atoms with Crippen LogP contribution in [0.5, 0.6) is 5.75 Å². The average molecular weight is 340 g/mol. The first-order chi connectivity index (χ1) is 11.7. The third kappa shape index (κ3) is 8.38. The summed E-state index contributed by atoms with van der Waals surface area (Å²) in [6, 6.07) is 6.15. The van der Waals surface area contributed by atoms with Gasteiger partial charge in [-0.1, -0.05) is 39.0 Å². The van der Waals surface area contributed by atoms with Crippen LogP contribution in [0.1, 0.15) is 55.8 Å². The number of rotatable bonds is 11. The molecule has 1 aromatic rings. The predicted octanol–water partition coefficient (Wildman–Crippen LogP) is 4.21. The highest BCUT2D eigenvalue weighted by atomic mass is 17.5. The molecule has 0 aromatic heterocycles. The van der Waals surface area contributed by atoms with E-state index >= 15 is 0 Å². The highest BCUT2D eigenvalue weighted by molar-refractivity contribution is 5.89. The average Bonchev–Trinajstić information content (AvgIpc) is 2.61. The van der Waals surface area contributed by atoms with Crippen molar-refractivity contribution in [2.24, 2.45) is 0 Å². The van der Waals surface area contributed by atoms with E-state index in [2.05, 4.69) is 21.7 Å². The maximum atomic E-state index is 11.6. The van der Waals surface area contributed by atoms with Gasteiger partial charge in [0, 0.05) is 0 Å². The largest absolute Gasteiger partial charge is 0.543 e. The molecule has 0 spiro atoms. The lowest BCUT2D eigenvalue weighted by Crippen LogP contribution is -2.12. The fourth-order valence-electron chi connectivity index (χ4n) is 1.91. The lowest BCUT2D eigenvalue weighted by molar-refractivity contribution is -0.452. The summed E-state index contributed by atoms with van der Waals surface area (Å²) in [5, 5.41) is 4.12. The first-order valence-electron chi connectivity index (χ1n) is 8.03. The van der Waals surface area contributed by atoms with E-state index in [1.54, 1.807) is 12.1 Å². The van der Waals surface area contributed by atoms with Crippen LogP contribution in [0.25, 0.3) is 0 Å². The molecule has 0 fully saturated rings. The van der Waals surface area contributed by atoms with Gasteiger partial charge in [0.15, 0.2) is 0 Å². The van der Waals surface area contributed by atoms with Crippen molar-refractivity contribution in [1.29, 1.82) is 0 Å². The number of hydrogen-bond acceptors (Lipinski definition) is 7. The molecule has 1 aromatic carbocycles. The number of methoxy groups -OCH3 is 1. The first kappa shape index (κ1) is 19.8. The van der Waals surface area contributed by atoms with Crippen molar-refractivity contribution >= 4 is 12.1 Å². The molecule has 0 aliphatic carbocycles. The second kappa shape index (κ2) is 12.2. The molecule has 0 aliphatic heterocycles. The molecule has 134 valence electrons. The monoisotopic (exact) mass is 340 g/mol. The molecule has 0 aliphatic rings. The number of benzene rings is 1. The van der Waals surface area contributed by atoms with Crippen molar-refractivity contribution in [3.05, 3.63) is 29.8 Å². The van der Waals surface area contributed by atoms with Crippen molar-refractivity contribution in [2.75, 3.05) is 13.7 Å². The summed E-state index contributed by atoms with van der Waals surface area (Å²) in [6.45, 7) is 2.39. The number of carbonyl (C=O) groups is 2. The van der Waals surface area contributed by atoms with Gasteiger partial charge in [0.2, 0.25) is 0 Å². The predicted molar refractivity (Wildman–Crippen MR) is 85.3 cm³/mol. The van der Waals surface area contributed by atoms with Gasteiger partial charge in [0.1, 0.15) is 5.75 Å². The van der Waals surface area contributed by atoms with E-state index in [1.165, 1.54) is 38.5 Å². The first-order valence-corrected chi connectivity index (χ1v) is 8.03. The molecule has 0 amide bonds. The molecular weight excluding hydrogens is 316 g/mol. The molecule has 0 atom stereocenters. The van der Waals surface area contributed by atoms with Gasteiger partial charge in [-0.15, -0.1) is 0 Å². The lowest BCUT2D eigenvalue weighted by atomic mass is 10.1. The lowest BCUT2D eigenvalue weighted by Gasteiger charge is -2.05. The zero-order valence-electron chi connectivity index (χ0n) is 14.1. The molecule has 0 saturated carbocycles. The van der Waals surface area contributed by atoms with Gasteiger partial charge in [-0.3, -0.25) is 4.89 Å². The number of ether oxygens (including phenoxy) is 2. The molecule has 0 radical (unpaired) electrons. The van der Waals surface area contributed by atoms with E-state index in [9.17, 15) is 9.59 Å². The van der Waals surface area contributed by atoms with Gasteiger partial charge in [0.05, 0.1) is 24.3 Å². The molecule has 0 unspecified atom stereocenters. The molecule has 0 heterocycles. The topological polar surface area (TPSA) is 80.3 Å². The second-order valence-corrected chi connectivity index (χ2v) is 5.12. The van der Waals surface area contributed by atoms with Crippen LogP contribution in [0.2, 0.25) is 0 Å². The second-order valence-electron chi connectivity index (χ2n) is 5.12. The molecule has 24 heavy (non-hydrogen) atoms. The summed E-state index contributed by atoms with van der Waals surface area (Å²) in [4.78, 5) is 31.3. The van der Waals surface area contributed by atoms with E-state index < -0.39 is 12.1 Å². The number of hydrogen-bond donors (Lipinski definition) is 0. The highest BCUT2D eigenvalue weighted by Crippen LogP contribution is 2.12. The Kier molecular flexibility index (Phi) is 10.0. The van der Waals surface area contributed by atoms with Gasteiger partial charge < -0.3 is 9.47 Å². The third-order valence-corrected chi connectivity index (χ3v) is 3.26. The summed E-state index contributed by atoms with van der Waals surface area (Å²) in [7, 11) is 1.51. The van der Waals surface area contributed by atoms with Gasteiger partial charge in [-0.05, 0) is 30.7 Å². The molecule has 7 heteroatoms. The summed E-state index contributed by atoms with van der Waals surface area (Å²) < 4.78 is 9.74. The van der Waals surface area contributed by atoms with E-state index in [0.29, 0.717) is 5.75 Å². The standard InChI is InChI=1S/C17H24O7/c1-3-4-5-6-7-8-13-21-17(19)23-24-22-16(18)14-9-11-15(20-2)12-10-14/h9-12H,3-8,13H2,1-2H3. The zero-order chi connectivity index (χ0) is 17.6. The van der Waals surface area contributed by atoms with Crippen LogP contribution >= 0.6 is 0 Å². The van der Waals surface area contributed by atoms with Crippen molar-refractivity contribution in [3.8, 4) is 5.75 Å². The molecular formula is C17H24O7. The molecule has 1 rings (SSSR count). The fraction of sp³-hybridized carbons (Fsp3) is 0.529. The maximum Gasteiger partial charge on any atom is 0.543 e. The van der Waals surface area contributed by atoms with Gasteiger partial charge in [0.25, 0.3) is 0 Å². The van der Waals surface area contributed by atoms with Crippen LogP contribution in [0.3, 0.4) is 0 Å². The van der Waals surface area contributed by atoms with Crippen LogP contribution < -0.4 is 4.74 Å². The molecule has 0 bridgehead atoms. The van der Waals surface area contributed by atoms with E-state index in [-0.39, 0.29) is 12.2 Å². The molecule has 7 nitrogen and oxygen atoms in total. The van der Waals surface area contributed by atoms with Gasteiger partial charge in [-0.2, -0.15) is 0 Å².